The molecule has 114 valence electrons. The lowest BCUT2D eigenvalue weighted by molar-refractivity contribution is -0.383. The average molecular weight is 291 g/mol. The van der Waals surface area contributed by atoms with Gasteiger partial charge in [-0.25, -0.2) is 9.97 Å². The zero-order chi connectivity index (χ0) is 15.0. The molecular formula is C14H21N5O2. The van der Waals surface area contributed by atoms with Crippen LogP contribution in [0.2, 0.25) is 0 Å². The largest absolute Gasteiger partial charge is 0.378 e. The van der Waals surface area contributed by atoms with E-state index < -0.39 is 4.92 Å². The Kier molecular flexibility index (Phi) is 3.65. The number of nitrogens with one attached hydrogen (secondary N) is 1. The molecule has 1 aromatic heterocycles. The molecule has 0 aliphatic heterocycles. The van der Waals surface area contributed by atoms with Gasteiger partial charge in [0.15, 0.2) is 0 Å². The highest BCUT2D eigenvalue weighted by molar-refractivity contribution is 5.67. The molecule has 0 spiro atoms. The smallest absolute Gasteiger partial charge is 0.352 e. The standard InChI is InChI=1S/C14H21N5O2/c1-8(11-6-9-2-4-10(11)5-3-9)18-14-12(19(20)21)13(15)16-7-17-14/h7-11H,2-6H2,1H3,(H3,15,16,17,18)/t8-,9?,10?,11+/m1/s1. The van der Waals surface area contributed by atoms with Crippen molar-refractivity contribution >= 4 is 17.3 Å². The lowest BCUT2D eigenvalue weighted by Crippen LogP contribution is -2.40. The molecule has 0 saturated heterocycles. The van der Waals surface area contributed by atoms with E-state index in [0.29, 0.717) is 5.92 Å². The summed E-state index contributed by atoms with van der Waals surface area (Å²) in [4.78, 5) is 18.3. The van der Waals surface area contributed by atoms with Crippen molar-refractivity contribution in [3.05, 3.63) is 16.4 Å². The Balaban J connectivity index is 1.77. The van der Waals surface area contributed by atoms with E-state index in [-0.39, 0.29) is 23.4 Å². The Morgan fingerprint density at radius 3 is 2.67 bits per heavy atom. The monoisotopic (exact) mass is 291 g/mol. The molecule has 21 heavy (non-hydrogen) atoms. The molecule has 7 heteroatoms. The third-order valence-electron chi connectivity index (χ3n) is 5.14. The first kappa shape index (κ1) is 14.0. The second-order valence-electron chi connectivity index (χ2n) is 6.33. The molecule has 3 saturated carbocycles. The van der Waals surface area contributed by atoms with Crippen LogP contribution in [0.5, 0.6) is 0 Å². The lowest BCUT2D eigenvalue weighted by atomic mass is 9.63. The number of nitro groups is 1. The minimum atomic E-state index is -0.516. The molecule has 3 aliphatic carbocycles. The molecule has 3 fully saturated rings. The normalized spacial score (nSPS) is 29.1. The van der Waals surface area contributed by atoms with Gasteiger partial charge in [-0.2, -0.15) is 0 Å². The minimum Gasteiger partial charge on any atom is -0.378 e. The zero-order valence-electron chi connectivity index (χ0n) is 12.2. The molecule has 1 heterocycles. The third-order valence-corrected chi connectivity index (χ3v) is 5.14. The van der Waals surface area contributed by atoms with Gasteiger partial charge in [0, 0.05) is 6.04 Å². The SMILES string of the molecule is C[C@@H](Nc1ncnc(N)c1[N+](=O)[O-])[C@@H]1CC2CCC1CC2. The van der Waals surface area contributed by atoms with Gasteiger partial charge in [0.1, 0.15) is 6.33 Å². The van der Waals surface area contributed by atoms with E-state index in [9.17, 15) is 10.1 Å². The summed E-state index contributed by atoms with van der Waals surface area (Å²) in [7, 11) is 0. The van der Waals surface area contributed by atoms with Gasteiger partial charge in [0.05, 0.1) is 4.92 Å². The van der Waals surface area contributed by atoms with Gasteiger partial charge in [0.25, 0.3) is 0 Å². The number of hydrogen-bond donors (Lipinski definition) is 2. The van der Waals surface area contributed by atoms with Crippen LogP contribution in [0.1, 0.15) is 39.0 Å². The molecule has 2 bridgehead atoms. The number of aromatic nitrogens is 2. The third kappa shape index (κ3) is 2.64. The Bertz CT molecular complexity index is 542. The predicted octanol–water partition coefficient (Wildman–Crippen LogP) is 2.59. The predicted molar refractivity (Wildman–Crippen MR) is 79.7 cm³/mol. The number of nitrogens with two attached hydrogens (primary N) is 1. The van der Waals surface area contributed by atoms with Crippen LogP contribution in [0, 0.1) is 27.9 Å². The van der Waals surface area contributed by atoms with Gasteiger partial charge in [-0.15, -0.1) is 0 Å². The van der Waals surface area contributed by atoms with Gasteiger partial charge >= 0.3 is 5.69 Å². The maximum Gasteiger partial charge on any atom is 0.352 e. The maximum absolute atomic E-state index is 11.1. The van der Waals surface area contributed by atoms with Crippen molar-refractivity contribution in [2.24, 2.45) is 17.8 Å². The van der Waals surface area contributed by atoms with Crippen LogP contribution >= 0.6 is 0 Å². The summed E-state index contributed by atoms with van der Waals surface area (Å²) in [5.41, 5.74) is 5.39. The summed E-state index contributed by atoms with van der Waals surface area (Å²) in [6.45, 7) is 2.09. The fourth-order valence-corrected chi connectivity index (χ4v) is 4.04. The highest BCUT2D eigenvalue weighted by Gasteiger charge is 2.38. The first-order valence-corrected chi connectivity index (χ1v) is 7.57. The van der Waals surface area contributed by atoms with Crippen molar-refractivity contribution in [2.75, 3.05) is 11.1 Å². The van der Waals surface area contributed by atoms with Crippen LogP contribution in [-0.2, 0) is 0 Å². The van der Waals surface area contributed by atoms with E-state index >= 15 is 0 Å². The van der Waals surface area contributed by atoms with Crippen molar-refractivity contribution in [1.29, 1.82) is 0 Å². The summed E-state index contributed by atoms with van der Waals surface area (Å²) in [5, 5.41) is 14.3. The van der Waals surface area contributed by atoms with Gasteiger partial charge in [-0.3, -0.25) is 10.1 Å². The van der Waals surface area contributed by atoms with E-state index in [0.717, 1.165) is 11.8 Å². The summed E-state index contributed by atoms with van der Waals surface area (Å²) >= 11 is 0. The Hall–Kier alpha value is -1.92. The minimum absolute atomic E-state index is 0.0881. The van der Waals surface area contributed by atoms with E-state index in [1.807, 2.05) is 0 Å². The van der Waals surface area contributed by atoms with E-state index in [1.165, 1.54) is 38.4 Å². The number of fused-ring (bicyclic) bond motifs is 3. The molecule has 3 aliphatic rings. The Morgan fingerprint density at radius 1 is 1.38 bits per heavy atom. The fraction of sp³-hybridized carbons (Fsp3) is 0.714. The first-order chi connectivity index (χ1) is 10.1. The van der Waals surface area contributed by atoms with Crippen molar-refractivity contribution < 1.29 is 4.92 Å². The van der Waals surface area contributed by atoms with E-state index in [2.05, 4.69) is 22.2 Å². The number of nitrogens with zero attached hydrogens (tertiary/aromatic N) is 3. The fourth-order valence-electron chi connectivity index (χ4n) is 4.04. The molecule has 0 radical (unpaired) electrons. The second kappa shape index (κ2) is 5.46. The van der Waals surface area contributed by atoms with Gasteiger partial charge in [-0.05, 0) is 43.9 Å². The van der Waals surface area contributed by atoms with Crippen LogP contribution < -0.4 is 11.1 Å². The van der Waals surface area contributed by atoms with E-state index in [4.69, 9.17) is 5.73 Å². The van der Waals surface area contributed by atoms with E-state index in [1.54, 1.807) is 0 Å². The lowest BCUT2D eigenvalue weighted by Gasteiger charge is -2.45. The van der Waals surface area contributed by atoms with Gasteiger partial charge in [-0.1, -0.05) is 12.8 Å². The number of anilines is 2. The van der Waals surface area contributed by atoms with Crippen LogP contribution in [0.3, 0.4) is 0 Å². The van der Waals surface area contributed by atoms with Crippen LogP contribution in [0.25, 0.3) is 0 Å². The molecular weight excluding hydrogens is 270 g/mol. The molecule has 0 aromatic carbocycles. The molecule has 0 unspecified atom stereocenters. The van der Waals surface area contributed by atoms with Crippen LogP contribution in [-0.4, -0.2) is 20.9 Å². The highest BCUT2D eigenvalue weighted by atomic mass is 16.6. The molecule has 3 N–H and O–H groups in total. The van der Waals surface area contributed by atoms with Gasteiger partial charge < -0.3 is 11.1 Å². The average Bonchev–Trinajstić information content (AvgIpc) is 2.48. The van der Waals surface area contributed by atoms with Crippen molar-refractivity contribution in [1.82, 2.24) is 9.97 Å². The summed E-state index contributed by atoms with van der Waals surface area (Å²) < 4.78 is 0. The second-order valence-corrected chi connectivity index (χ2v) is 6.33. The molecule has 0 amide bonds. The maximum atomic E-state index is 11.1. The Morgan fingerprint density at radius 2 is 2.10 bits per heavy atom. The van der Waals surface area contributed by atoms with Gasteiger partial charge in [0.2, 0.25) is 11.6 Å². The number of hydrogen-bond acceptors (Lipinski definition) is 6. The Labute approximate surface area is 123 Å². The van der Waals surface area contributed by atoms with Crippen LogP contribution in [0.4, 0.5) is 17.3 Å². The summed E-state index contributed by atoms with van der Waals surface area (Å²) in [6, 6.07) is 0.158. The number of rotatable bonds is 4. The molecule has 7 nitrogen and oxygen atoms in total. The van der Waals surface area contributed by atoms with Crippen molar-refractivity contribution in [2.45, 2.75) is 45.1 Å². The summed E-state index contributed by atoms with van der Waals surface area (Å²) in [5.74, 6) is 2.27. The van der Waals surface area contributed by atoms with Crippen molar-refractivity contribution in [3.8, 4) is 0 Å². The summed E-state index contributed by atoms with van der Waals surface area (Å²) in [6.07, 6.45) is 7.74. The highest BCUT2D eigenvalue weighted by Crippen LogP contribution is 2.46. The quantitative estimate of drug-likeness (QED) is 0.652. The van der Waals surface area contributed by atoms with Crippen LogP contribution in [0.15, 0.2) is 6.33 Å². The first-order valence-electron chi connectivity index (χ1n) is 7.57. The number of nitrogen functional groups attached to an aromatic ring is 1. The van der Waals surface area contributed by atoms with Crippen molar-refractivity contribution in [3.63, 3.8) is 0 Å². The molecule has 4 rings (SSSR count). The topological polar surface area (TPSA) is 107 Å². The molecule has 2 atom stereocenters. The molecule has 1 aromatic rings. The zero-order valence-corrected chi connectivity index (χ0v) is 12.2.